The molecule has 32 heavy (non-hydrogen) atoms. The van der Waals surface area contributed by atoms with E-state index >= 15 is 0 Å². The Kier molecular flexibility index (Phi) is 6.14. The van der Waals surface area contributed by atoms with Gasteiger partial charge in [0.15, 0.2) is 0 Å². The smallest absolute Gasteiger partial charge is 0.258 e. The maximum atomic E-state index is 12.6. The highest BCUT2D eigenvalue weighted by molar-refractivity contribution is 6.30. The topological polar surface area (TPSA) is 56.6 Å². The molecule has 1 atom stereocenters. The number of pyridine rings is 2. The summed E-state index contributed by atoms with van der Waals surface area (Å²) >= 11 is 5.84. The molecule has 0 N–H and O–H groups in total. The lowest BCUT2D eigenvalue weighted by atomic mass is 9.86. The zero-order valence-corrected chi connectivity index (χ0v) is 18.6. The Labute approximate surface area is 192 Å². The summed E-state index contributed by atoms with van der Waals surface area (Å²) in [5.41, 5.74) is 1.37. The van der Waals surface area contributed by atoms with Crippen molar-refractivity contribution in [3.8, 4) is 17.2 Å². The molecule has 1 aliphatic heterocycles. The van der Waals surface area contributed by atoms with E-state index in [1.807, 2.05) is 24.3 Å². The first kappa shape index (κ1) is 21.0. The number of benzene rings is 1. The van der Waals surface area contributed by atoms with Gasteiger partial charge in [0.25, 0.3) is 5.56 Å². The summed E-state index contributed by atoms with van der Waals surface area (Å²) in [4.78, 5) is 19.4. The molecular weight excluding hydrogens is 426 g/mol. The summed E-state index contributed by atoms with van der Waals surface area (Å²) in [6, 6.07) is 15.8. The number of likely N-dealkylation sites (tertiary alicyclic amines) is 1. The normalized spacial score (nSPS) is 18.6. The highest BCUT2D eigenvalue weighted by Gasteiger charge is 2.36. The fraction of sp³-hybridized carbons (Fsp3) is 0.360. The van der Waals surface area contributed by atoms with Crippen LogP contribution in [-0.4, -0.2) is 39.7 Å². The third-order valence-electron chi connectivity index (χ3n) is 6.36. The maximum absolute atomic E-state index is 12.6. The minimum atomic E-state index is -0.161. The Bertz CT molecular complexity index is 1110. The van der Waals surface area contributed by atoms with Crippen LogP contribution in [0.4, 0.5) is 0 Å². The second kappa shape index (κ2) is 9.35. The Morgan fingerprint density at radius 3 is 2.47 bits per heavy atom. The largest absolute Gasteiger partial charge is 0.492 e. The molecule has 1 aromatic carbocycles. The van der Waals surface area contributed by atoms with Crippen LogP contribution in [0.5, 0.6) is 11.5 Å². The minimum absolute atomic E-state index is 0.161. The summed E-state index contributed by atoms with van der Waals surface area (Å²) in [7, 11) is 0. The van der Waals surface area contributed by atoms with E-state index in [0.717, 1.165) is 29.8 Å². The lowest BCUT2D eigenvalue weighted by Crippen LogP contribution is -2.57. The van der Waals surface area contributed by atoms with Crippen molar-refractivity contribution >= 4 is 11.6 Å². The number of rotatable bonds is 8. The zero-order chi connectivity index (χ0) is 21.9. The highest BCUT2D eigenvalue weighted by atomic mass is 35.5. The zero-order valence-electron chi connectivity index (χ0n) is 17.8. The first-order chi connectivity index (χ1) is 15.7. The van der Waals surface area contributed by atoms with Gasteiger partial charge < -0.3 is 9.47 Å². The molecule has 5 rings (SSSR count). The SMILES string of the molecule is O=c1cc(OCc2ccc(Cl)cn2)ccn1-c1ccc(OCC2CCN2C2CCC2)cc1. The van der Waals surface area contributed by atoms with Crippen LogP contribution in [0.3, 0.4) is 0 Å². The van der Waals surface area contributed by atoms with Gasteiger partial charge in [0.05, 0.1) is 10.7 Å². The van der Waals surface area contributed by atoms with E-state index in [1.165, 1.54) is 38.3 Å². The van der Waals surface area contributed by atoms with Crippen LogP contribution < -0.4 is 15.0 Å². The molecule has 2 fully saturated rings. The van der Waals surface area contributed by atoms with Crippen LogP contribution in [0, 0.1) is 0 Å². The van der Waals surface area contributed by atoms with Crippen molar-refractivity contribution in [1.29, 1.82) is 0 Å². The first-order valence-corrected chi connectivity index (χ1v) is 11.5. The highest BCUT2D eigenvalue weighted by Crippen LogP contribution is 2.32. The van der Waals surface area contributed by atoms with Crippen LogP contribution in [0.1, 0.15) is 31.4 Å². The van der Waals surface area contributed by atoms with Crippen molar-refractivity contribution in [3.05, 3.63) is 82.0 Å². The fourth-order valence-electron chi connectivity index (χ4n) is 4.15. The Hall–Kier alpha value is -2.83. The molecule has 6 nitrogen and oxygen atoms in total. The molecule has 1 unspecified atom stereocenters. The van der Waals surface area contributed by atoms with Gasteiger partial charge in [-0.2, -0.15) is 0 Å². The molecule has 7 heteroatoms. The molecule has 166 valence electrons. The molecule has 0 spiro atoms. The van der Waals surface area contributed by atoms with Gasteiger partial charge in [-0.05, 0) is 61.7 Å². The third kappa shape index (κ3) is 4.66. The molecule has 3 heterocycles. The minimum Gasteiger partial charge on any atom is -0.492 e. The van der Waals surface area contributed by atoms with Crippen LogP contribution in [-0.2, 0) is 6.61 Å². The van der Waals surface area contributed by atoms with E-state index in [2.05, 4.69) is 9.88 Å². The van der Waals surface area contributed by atoms with Gasteiger partial charge in [-0.3, -0.25) is 19.2 Å². The lowest BCUT2D eigenvalue weighted by Gasteiger charge is -2.49. The van der Waals surface area contributed by atoms with Gasteiger partial charge in [-0.1, -0.05) is 18.0 Å². The quantitative estimate of drug-likeness (QED) is 0.505. The van der Waals surface area contributed by atoms with Gasteiger partial charge >= 0.3 is 0 Å². The number of aromatic nitrogens is 2. The Morgan fingerprint density at radius 1 is 1.00 bits per heavy atom. The molecule has 3 aromatic rings. The van der Waals surface area contributed by atoms with Crippen LogP contribution in [0.25, 0.3) is 5.69 Å². The molecule has 1 saturated carbocycles. The molecule has 1 saturated heterocycles. The number of hydrogen-bond acceptors (Lipinski definition) is 5. The standard InChI is InChI=1S/C25H26ClN3O3/c26-18-4-5-19(27-15-18)16-31-24-11-13-29(25(30)14-24)21-6-8-23(9-7-21)32-17-22-10-12-28(22)20-2-1-3-20/h4-9,11,13-15,20,22H,1-3,10,12,16-17H2. The van der Waals surface area contributed by atoms with E-state index in [-0.39, 0.29) is 12.2 Å². The van der Waals surface area contributed by atoms with Crippen molar-refractivity contribution in [2.45, 2.75) is 44.4 Å². The Balaban J connectivity index is 1.17. The van der Waals surface area contributed by atoms with Crippen molar-refractivity contribution < 1.29 is 9.47 Å². The number of hydrogen-bond donors (Lipinski definition) is 0. The molecule has 1 aliphatic carbocycles. The first-order valence-electron chi connectivity index (χ1n) is 11.1. The van der Waals surface area contributed by atoms with Gasteiger partial charge in [-0.25, -0.2) is 0 Å². The van der Waals surface area contributed by atoms with Crippen LogP contribution in [0.15, 0.2) is 65.7 Å². The van der Waals surface area contributed by atoms with E-state index in [4.69, 9.17) is 21.1 Å². The molecule has 0 radical (unpaired) electrons. The predicted octanol–water partition coefficient (Wildman–Crippen LogP) is 4.47. The van der Waals surface area contributed by atoms with Crippen molar-refractivity contribution in [3.63, 3.8) is 0 Å². The van der Waals surface area contributed by atoms with Gasteiger partial charge in [0, 0.05) is 42.8 Å². The Morgan fingerprint density at radius 2 is 1.84 bits per heavy atom. The summed E-state index contributed by atoms with van der Waals surface area (Å²) in [5, 5.41) is 0.575. The monoisotopic (exact) mass is 451 g/mol. The molecule has 0 amide bonds. The number of nitrogens with zero attached hydrogens (tertiary/aromatic N) is 3. The lowest BCUT2D eigenvalue weighted by molar-refractivity contribution is -0.0165. The van der Waals surface area contributed by atoms with Crippen molar-refractivity contribution in [1.82, 2.24) is 14.5 Å². The van der Waals surface area contributed by atoms with E-state index in [0.29, 0.717) is 16.8 Å². The van der Waals surface area contributed by atoms with Crippen LogP contribution in [0.2, 0.25) is 5.02 Å². The van der Waals surface area contributed by atoms with Crippen molar-refractivity contribution in [2.24, 2.45) is 0 Å². The number of ether oxygens (including phenoxy) is 2. The number of halogens is 1. The molecular formula is C25H26ClN3O3. The third-order valence-corrected chi connectivity index (χ3v) is 6.58. The molecule has 2 aromatic heterocycles. The second-order valence-corrected chi connectivity index (χ2v) is 8.83. The fourth-order valence-corrected chi connectivity index (χ4v) is 4.26. The van der Waals surface area contributed by atoms with E-state index in [9.17, 15) is 4.79 Å². The average molecular weight is 452 g/mol. The summed E-state index contributed by atoms with van der Waals surface area (Å²) in [6.07, 6.45) is 8.54. The maximum Gasteiger partial charge on any atom is 0.258 e. The summed E-state index contributed by atoms with van der Waals surface area (Å²) in [5.74, 6) is 1.33. The molecule has 2 aliphatic rings. The van der Waals surface area contributed by atoms with Crippen molar-refractivity contribution in [2.75, 3.05) is 13.2 Å². The second-order valence-electron chi connectivity index (χ2n) is 8.40. The predicted molar refractivity (Wildman–Crippen MR) is 124 cm³/mol. The van der Waals surface area contributed by atoms with Crippen LogP contribution >= 0.6 is 11.6 Å². The summed E-state index contributed by atoms with van der Waals surface area (Å²) in [6.45, 7) is 2.20. The van der Waals surface area contributed by atoms with E-state index < -0.39 is 0 Å². The van der Waals surface area contributed by atoms with E-state index in [1.54, 1.807) is 35.2 Å². The van der Waals surface area contributed by atoms with Gasteiger partial charge in [0.2, 0.25) is 0 Å². The molecule has 0 bridgehead atoms. The average Bonchev–Trinajstić information content (AvgIpc) is 2.76. The van der Waals surface area contributed by atoms with Gasteiger partial charge in [0.1, 0.15) is 24.7 Å². The summed E-state index contributed by atoms with van der Waals surface area (Å²) < 4.78 is 13.3. The van der Waals surface area contributed by atoms with Gasteiger partial charge in [-0.15, -0.1) is 0 Å².